The second-order valence-corrected chi connectivity index (χ2v) is 5.58. The Bertz CT molecular complexity index is 370. The molecule has 0 bridgehead atoms. The fourth-order valence-electron chi connectivity index (χ4n) is 2.88. The van der Waals surface area contributed by atoms with E-state index in [0.29, 0.717) is 19.1 Å². The molecule has 0 aromatic carbocycles. The summed E-state index contributed by atoms with van der Waals surface area (Å²) in [5.41, 5.74) is 0. The van der Waals surface area contributed by atoms with Crippen LogP contribution in [-0.4, -0.2) is 65.1 Å². The van der Waals surface area contributed by atoms with E-state index in [4.69, 9.17) is 9.84 Å². The van der Waals surface area contributed by atoms with Gasteiger partial charge in [0.2, 0.25) is 0 Å². The number of hydrogen-bond donors (Lipinski definition) is 3. The SMILES string of the molecule is CC(NC(=O)N1CC(O)C[C@H]1C(=O)O)C1CCOCC1. The van der Waals surface area contributed by atoms with E-state index >= 15 is 0 Å². The van der Waals surface area contributed by atoms with E-state index in [-0.39, 0.29) is 19.0 Å². The van der Waals surface area contributed by atoms with Crippen molar-refractivity contribution < 1.29 is 24.5 Å². The molecule has 7 heteroatoms. The number of carbonyl (C=O) groups excluding carboxylic acids is 1. The van der Waals surface area contributed by atoms with E-state index in [0.717, 1.165) is 12.8 Å². The van der Waals surface area contributed by atoms with Crippen LogP contribution in [0.3, 0.4) is 0 Å². The molecule has 2 amide bonds. The Morgan fingerprint density at radius 2 is 2.00 bits per heavy atom. The standard InChI is InChI=1S/C13H22N2O5/c1-8(9-2-4-20-5-3-9)14-13(19)15-7-10(16)6-11(15)12(17)18/h8-11,16H,2-7H2,1H3,(H,14,19)(H,17,18)/t8?,10?,11-/m0/s1. The smallest absolute Gasteiger partial charge is 0.326 e. The molecule has 20 heavy (non-hydrogen) atoms. The zero-order valence-corrected chi connectivity index (χ0v) is 11.6. The molecule has 2 rings (SSSR count). The highest BCUT2D eigenvalue weighted by Crippen LogP contribution is 2.21. The van der Waals surface area contributed by atoms with Gasteiger partial charge in [0, 0.05) is 32.2 Å². The quantitative estimate of drug-likeness (QED) is 0.680. The molecule has 0 radical (unpaired) electrons. The maximum absolute atomic E-state index is 12.2. The van der Waals surface area contributed by atoms with Crippen LogP contribution in [0.5, 0.6) is 0 Å². The van der Waals surface area contributed by atoms with Gasteiger partial charge >= 0.3 is 12.0 Å². The summed E-state index contributed by atoms with van der Waals surface area (Å²) in [5.74, 6) is -0.723. The molecule has 2 aliphatic heterocycles. The lowest BCUT2D eigenvalue weighted by Gasteiger charge is -2.30. The Kier molecular flexibility index (Phi) is 4.82. The third-order valence-corrected chi connectivity index (χ3v) is 4.15. The number of carboxylic acids is 1. The number of nitrogens with one attached hydrogen (secondary N) is 1. The minimum Gasteiger partial charge on any atom is -0.480 e. The molecule has 2 unspecified atom stereocenters. The van der Waals surface area contributed by atoms with E-state index in [1.54, 1.807) is 0 Å². The third-order valence-electron chi connectivity index (χ3n) is 4.15. The molecule has 0 aromatic rings. The minimum atomic E-state index is -1.07. The van der Waals surface area contributed by atoms with Crippen molar-refractivity contribution in [2.24, 2.45) is 5.92 Å². The molecule has 0 spiro atoms. The fourth-order valence-corrected chi connectivity index (χ4v) is 2.88. The van der Waals surface area contributed by atoms with Crippen molar-refractivity contribution in [2.75, 3.05) is 19.8 Å². The fraction of sp³-hybridized carbons (Fsp3) is 0.846. The Balaban J connectivity index is 1.91. The number of likely N-dealkylation sites (tertiary alicyclic amines) is 1. The predicted octanol–water partition coefficient (Wildman–Crippen LogP) is 0.0309. The normalized spacial score (nSPS) is 29.2. The van der Waals surface area contributed by atoms with Crippen molar-refractivity contribution >= 4 is 12.0 Å². The second-order valence-electron chi connectivity index (χ2n) is 5.58. The second kappa shape index (κ2) is 6.41. The molecule has 7 nitrogen and oxygen atoms in total. The molecule has 0 aromatic heterocycles. The van der Waals surface area contributed by atoms with Crippen LogP contribution in [0.2, 0.25) is 0 Å². The van der Waals surface area contributed by atoms with Crippen molar-refractivity contribution in [2.45, 2.75) is 44.4 Å². The molecule has 3 N–H and O–H groups in total. The van der Waals surface area contributed by atoms with Gasteiger partial charge in [-0.15, -0.1) is 0 Å². The number of aliphatic hydroxyl groups is 1. The van der Waals surface area contributed by atoms with Gasteiger partial charge in [-0.1, -0.05) is 0 Å². The summed E-state index contributed by atoms with van der Waals surface area (Å²) in [6, 6.07) is -1.38. The molecule has 114 valence electrons. The van der Waals surface area contributed by atoms with Crippen LogP contribution < -0.4 is 5.32 Å². The largest absolute Gasteiger partial charge is 0.480 e. The van der Waals surface area contributed by atoms with E-state index in [9.17, 15) is 14.7 Å². The average Bonchev–Trinajstić information content (AvgIpc) is 2.82. The summed E-state index contributed by atoms with van der Waals surface area (Å²) in [6.45, 7) is 3.40. The number of β-amino-alcohol motifs (C(OH)–C–C–N with tert-alkyl or cyclic N) is 1. The molecule has 0 saturated carbocycles. The van der Waals surface area contributed by atoms with Gasteiger partial charge in [0.05, 0.1) is 6.10 Å². The van der Waals surface area contributed by atoms with Crippen LogP contribution in [0.15, 0.2) is 0 Å². The highest BCUT2D eigenvalue weighted by atomic mass is 16.5. The third kappa shape index (κ3) is 3.40. The van der Waals surface area contributed by atoms with Gasteiger partial charge in [0.1, 0.15) is 6.04 Å². The molecule has 2 fully saturated rings. The van der Waals surface area contributed by atoms with Gasteiger partial charge in [-0.05, 0) is 25.7 Å². The van der Waals surface area contributed by atoms with Crippen LogP contribution in [0.25, 0.3) is 0 Å². The highest BCUT2D eigenvalue weighted by Gasteiger charge is 2.39. The van der Waals surface area contributed by atoms with Crippen molar-refractivity contribution in [1.29, 1.82) is 0 Å². The Morgan fingerprint density at radius 3 is 2.60 bits per heavy atom. The molecule has 0 aliphatic carbocycles. The number of urea groups is 1. The molecular formula is C13H22N2O5. The number of hydrogen-bond acceptors (Lipinski definition) is 4. The molecule has 2 heterocycles. The zero-order chi connectivity index (χ0) is 14.7. The summed E-state index contributed by atoms with van der Waals surface area (Å²) in [7, 11) is 0. The van der Waals surface area contributed by atoms with E-state index in [1.165, 1.54) is 4.90 Å². The number of amides is 2. The van der Waals surface area contributed by atoms with Crippen LogP contribution in [-0.2, 0) is 9.53 Å². The van der Waals surface area contributed by atoms with Gasteiger partial charge in [0.15, 0.2) is 0 Å². The van der Waals surface area contributed by atoms with Gasteiger partial charge in [-0.3, -0.25) is 0 Å². The number of ether oxygens (including phenoxy) is 1. The molecule has 2 aliphatic rings. The summed E-state index contributed by atoms with van der Waals surface area (Å²) in [5, 5.41) is 21.5. The summed E-state index contributed by atoms with van der Waals surface area (Å²) >= 11 is 0. The summed E-state index contributed by atoms with van der Waals surface area (Å²) in [4.78, 5) is 24.5. The number of carbonyl (C=O) groups is 2. The predicted molar refractivity (Wildman–Crippen MR) is 70.3 cm³/mol. The summed E-state index contributed by atoms with van der Waals surface area (Å²) < 4.78 is 5.28. The molecule has 2 saturated heterocycles. The lowest BCUT2D eigenvalue weighted by Crippen LogP contribution is -2.50. The van der Waals surface area contributed by atoms with Crippen LogP contribution in [0.1, 0.15) is 26.2 Å². The number of aliphatic carboxylic acids is 1. The number of nitrogens with zero attached hydrogens (tertiary/aromatic N) is 1. The number of rotatable bonds is 3. The Morgan fingerprint density at radius 1 is 1.35 bits per heavy atom. The molecular weight excluding hydrogens is 264 g/mol. The number of aliphatic hydroxyl groups excluding tert-OH is 1. The Labute approximate surface area is 117 Å². The van der Waals surface area contributed by atoms with Crippen molar-refractivity contribution in [3.8, 4) is 0 Å². The van der Waals surface area contributed by atoms with Gasteiger partial charge in [-0.2, -0.15) is 0 Å². The Hall–Kier alpha value is -1.34. The average molecular weight is 286 g/mol. The van der Waals surface area contributed by atoms with Gasteiger partial charge in [0.25, 0.3) is 0 Å². The first-order valence-electron chi connectivity index (χ1n) is 7.04. The van der Waals surface area contributed by atoms with Crippen molar-refractivity contribution in [3.63, 3.8) is 0 Å². The maximum atomic E-state index is 12.2. The lowest BCUT2D eigenvalue weighted by molar-refractivity contribution is -0.141. The first-order valence-corrected chi connectivity index (χ1v) is 7.04. The number of carboxylic acid groups (broad SMARTS) is 1. The maximum Gasteiger partial charge on any atom is 0.326 e. The van der Waals surface area contributed by atoms with Crippen LogP contribution >= 0.6 is 0 Å². The monoisotopic (exact) mass is 286 g/mol. The topological polar surface area (TPSA) is 99.1 Å². The first kappa shape index (κ1) is 15.1. The lowest BCUT2D eigenvalue weighted by atomic mass is 9.93. The van der Waals surface area contributed by atoms with Crippen molar-refractivity contribution in [3.05, 3.63) is 0 Å². The zero-order valence-electron chi connectivity index (χ0n) is 11.6. The minimum absolute atomic E-state index is 0.0291. The van der Waals surface area contributed by atoms with Gasteiger partial charge < -0.3 is 25.2 Å². The molecule has 3 atom stereocenters. The highest BCUT2D eigenvalue weighted by molar-refractivity contribution is 5.83. The van der Waals surface area contributed by atoms with Crippen LogP contribution in [0.4, 0.5) is 4.79 Å². The van der Waals surface area contributed by atoms with E-state index in [1.807, 2.05) is 6.92 Å². The van der Waals surface area contributed by atoms with Crippen molar-refractivity contribution in [1.82, 2.24) is 10.2 Å². The van der Waals surface area contributed by atoms with Gasteiger partial charge in [-0.25, -0.2) is 9.59 Å². The first-order chi connectivity index (χ1) is 9.49. The van der Waals surface area contributed by atoms with E-state index < -0.39 is 24.1 Å². The van der Waals surface area contributed by atoms with E-state index in [2.05, 4.69) is 5.32 Å². The summed E-state index contributed by atoms with van der Waals surface area (Å²) in [6.07, 6.45) is 1.12. The van der Waals surface area contributed by atoms with Crippen LogP contribution in [0, 0.1) is 5.92 Å².